The lowest BCUT2D eigenvalue weighted by Crippen LogP contribution is -2.38. The Bertz CT molecular complexity index is 679. The fourth-order valence-corrected chi connectivity index (χ4v) is 2.45. The zero-order valence-electron chi connectivity index (χ0n) is 12.3. The highest BCUT2D eigenvalue weighted by Crippen LogP contribution is 2.30. The molecule has 1 aromatic heterocycles. The van der Waals surface area contributed by atoms with Gasteiger partial charge in [-0.2, -0.15) is 10.4 Å². The van der Waals surface area contributed by atoms with Gasteiger partial charge in [-0.05, 0) is 33.0 Å². The van der Waals surface area contributed by atoms with Crippen molar-refractivity contribution in [2.75, 3.05) is 19.3 Å². The van der Waals surface area contributed by atoms with Crippen molar-refractivity contribution in [1.82, 2.24) is 15.1 Å². The number of rotatable bonds is 4. The van der Waals surface area contributed by atoms with E-state index in [2.05, 4.69) is 16.5 Å². The number of hydrogen-bond acceptors (Lipinski definition) is 4. The van der Waals surface area contributed by atoms with Crippen molar-refractivity contribution in [3.8, 4) is 17.3 Å². The molecule has 0 unspecified atom stereocenters. The number of halogens is 1. The van der Waals surface area contributed by atoms with Crippen molar-refractivity contribution in [2.24, 2.45) is 0 Å². The Morgan fingerprint density at radius 3 is 2.52 bits per heavy atom. The predicted octanol–water partition coefficient (Wildman–Crippen LogP) is 2.61. The Morgan fingerprint density at radius 2 is 2.00 bits per heavy atom. The van der Waals surface area contributed by atoms with Gasteiger partial charge in [-0.1, -0.05) is 23.7 Å². The Balaban J connectivity index is 2.59. The summed E-state index contributed by atoms with van der Waals surface area (Å²) in [7, 11) is 1.87. The standard InChI is InChI=1S/C15H18ClN5/c1-15(2,9-19-3)21-14(18)12(8-17)13(20-21)10-4-6-11(16)7-5-10/h4-7,19H,9,18H2,1-3H3. The molecule has 0 radical (unpaired) electrons. The van der Waals surface area contributed by atoms with Crippen LogP contribution in [-0.4, -0.2) is 23.4 Å². The predicted molar refractivity (Wildman–Crippen MR) is 85.0 cm³/mol. The normalized spacial score (nSPS) is 11.4. The summed E-state index contributed by atoms with van der Waals surface area (Å²) in [6.45, 7) is 4.71. The topological polar surface area (TPSA) is 79.7 Å². The van der Waals surface area contributed by atoms with Gasteiger partial charge in [0, 0.05) is 17.1 Å². The van der Waals surface area contributed by atoms with E-state index in [1.54, 1.807) is 16.8 Å². The molecule has 5 nitrogen and oxygen atoms in total. The first-order valence-corrected chi connectivity index (χ1v) is 6.98. The lowest BCUT2D eigenvalue weighted by Gasteiger charge is -2.26. The third-order valence-electron chi connectivity index (χ3n) is 3.33. The van der Waals surface area contributed by atoms with Gasteiger partial charge in [-0.15, -0.1) is 0 Å². The highest BCUT2D eigenvalue weighted by molar-refractivity contribution is 6.30. The molecule has 1 heterocycles. The Hall–Kier alpha value is -2.03. The van der Waals surface area contributed by atoms with Crippen LogP contribution in [0.3, 0.4) is 0 Å². The molecule has 0 bridgehead atoms. The summed E-state index contributed by atoms with van der Waals surface area (Å²) in [5.74, 6) is 0.378. The molecule has 0 aliphatic heterocycles. The van der Waals surface area contributed by atoms with E-state index in [1.807, 2.05) is 33.0 Å². The minimum atomic E-state index is -0.338. The molecule has 0 aliphatic carbocycles. The number of hydrogen-bond donors (Lipinski definition) is 2. The molecule has 2 rings (SSSR count). The van der Waals surface area contributed by atoms with Gasteiger partial charge in [0.2, 0.25) is 0 Å². The number of likely N-dealkylation sites (N-methyl/N-ethyl adjacent to an activating group) is 1. The maximum atomic E-state index is 9.40. The summed E-state index contributed by atoms with van der Waals surface area (Å²) in [5, 5.41) is 17.7. The first-order chi connectivity index (χ1) is 9.90. The van der Waals surface area contributed by atoms with Crippen LogP contribution in [0.15, 0.2) is 24.3 Å². The quantitative estimate of drug-likeness (QED) is 0.910. The van der Waals surface area contributed by atoms with Crippen LogP contribution in [0.25, 0.3) is 11.3 Å². The van der Waals surface area contributed by atoms with Gasteiger partial charge in [0.05, 0.1) is 5.54 Å². The molecule has 0 amide bonds. The minimum absolute atomic E-state index is 0.338. The molecular weight excluding hydrogens is 286 g/mol. The van der Waals surface area contributed by atoms with E-state index in [4.69, 9.17) is 17.3 Å². The van der Waals surface area contributed by atoms with Crippen molar-refractivity contribution in [1.29, 1.82) is 5.26 Å². The van der Waals surface area contributed by atoms with Crippen molar-refractivity contribution in [3.63, 3.8) is 0 Å². The van der Waals surface area contributed by atoms with Gasteiger partial charge in [-0.3, -0.25) is 0 Å². The number of nitrogens with zero attached hydrogens (tertiary/aromatic N) is 3. The van der Waals surface area contributed by atoms with Crippen molar-refractivity contribution in [3.05, 3.63) is 34.9 Å². The molecule has 6 heteroatoms. The van der Waals surface area contributed by atoms with Crippen LogP contribution in [0.1, 0.15) is 19.4 Å². The summed E-state index contributed by atoms with van der Waals surface area (Å²) >= 11 is 5.90. The maximum absolute atomic E-state index is 9.40. The molecule has 21 heavy (non-hydrogen) atoms. The smallest absolute Gasteiger partial charge is 0.141 e. The second-order valence-electron chi connectivity index (χ2n) is 5.48. The lowest BCUT2D eigenvalue weighted by molar-refractivity contribution is 0.316. The van der Waals surface area contributed by atoms with Crippen LogP contribution in [-0.2, 0) is 5.54 Å². The summed E-state index contributed by atoms with van der Waals surface area (Å²) < 4.78 is 1.70. The van der Waals surface area contributed by atoms with Crippen LogP contribution in [0.2, 0.25) is 5.02 Å². The van der Waals surface area contributed by atoms with E-state index in [9.17, 15) is 5.26 Å². The third-order valence-corrected chi connectivity index (χ3v) is 3.59. The van der Waals surface area contributed by atoms with Crippen LogP contribution < -0.4 is 11.1 Å². The third kappa shape index (κ3) is 2.87. The van der Waals surface area contributed by atoms with Crippen molar-refractivity contribution in [2.45, 2.75) is 19.4 Å². The monoisotopic (exact) mass is 303 g/mol. The number of nitrogen functional groups attached to an aromatic ring is 1. The van der Waals surface area contributed by atoms with E-state index in [-0.39, 0.29) is 5.54 Å². The average molecular weight is 304 g/mol. The largest absolute Gasteiger partial charge is 0.383 e. The van der Waals surface area contributed by atoms with Crippen LogP contribution >= 0.6 is 11.6 Å². The fraction of sp³-hybridized carbons (Fsp3) is 0.333. The number of nitrogens with one attached hydrogen (secondary N) is 1. The Kier molecular flexibility index (Phi) is 4.21. The highest BCUT2D eigenvalue weighted by Gasteiger charge is 2.27. The second-order valence-corrected chi connectivity index (χ2v) is 5.92. The van der Waals surface area contributed by atoms with Crippen molar-refractivity contribution < 1.29 is 0 Å². The summed E-state index contributed by atoms with van der Waals surface area (Å²) in [6.07, 6.45) is 0. The first-order valence-electron chi connectivity index (χ1n) is 6.60. The van der Waals surface area contributed by atoms with Crippen LogP contribution in [0.4, 0.5) is 5.82 Å². The summed E-state index contributed by atoms with van der Waals surface area (Å²) in [6, 6.07) is 9.36. The number of nitriles is 1. The van der Waals surface area contributed by atoms with E-state index in [0.29, 0.717) is 28.6 Å². The molecule has 1 aromatic carbocycles. The van der Waals surface area contributed by atoms with Crippen molar-refractivity contribution >= 4 is 17.4 Å². The van der Waals surface area contributed by atoms with E-state index >= 15 is 0 Å². The average Bonchev–Trinajstić information content (AvgIpc) is 2.77. The molecule has 0 aliphatic rings. The highest BCUT2D eigenvalue weighted by atomic mass is 35.5. The van der Waals surface area contributed by atoms with Gasteiger partial charge in [0.25, 0.3) is 0 Å². The molecular formula is C15H18ClN5. The SMILES string of the molecule is CNCC(C)(C)n1nc(-c2ccc(Cl)cc2)c(C#N)c1N. The molecule has 0 saturated carbocycles. The minimum Gasteiger partial charge on any atom is -0.383 e. The van der Waals surface area contributed by atoms with E-state index in [1.165, 1.54) is 0 Å². The summed E-state index contributed by atoms with van der Waals surface area (Å²) in [4.78, 5) is 0. The number of aromatic nitrogens is 2. The van der Waals surface area contributed by atoms with E-state index in [0.717, 1.165) is 5.56 Å². The Morgan fingerprint density at radius 1 is 1.38 bits per heavy atom. The van der Waals surface area contributed by atoms with Crippen LogP contribution in [0.5, 0.6) is 0 Å². The van der Waals surface area contributed by atoms with Gasteiger partial charge in [-0.25, -0.2) is 4.68 Å². The van der Waals surface area contributed by atoms with E-state index < -0.39 is 0 Å². The lowest BCUT2D eigenvalue weighted by atomic mass is 10.1. The molecule has 2 aromatic rings. The zero-order chi connectivity index (χ0) is 15.6. The second kappa shape index (κ2) is 5.76. The number of nitrogens with two attached hydrogens (primary N) is 1. The van der Waals surface area contributed by atoms with Gasteiger partial charge < -0.3 is 11.1 Å². The van der Waals surface area contributed by atoms with Gasteiger partial charge >= 0.3 is 0 Å². The molecule has 0 atom stereocenters. The molecule has 0 spiro atoms. The maximum Gasteiger partial charge on any atom is 0.141 e. The number of benzene rings is 1. The summed E-state index contributed by atoms with van der Waals surface area (Å²) in [5.41, 5.74) is 7.57. The zero-order valence-corrected chi connectivity index (χ0v) is 13.1. The van der Waals surface area contributed by atoms with Crippen LogP contribution in [0, 0.1) is 11.3 Å². The van der Waals surface area contributed by atoms with Gasteiger partial charge in [0.1, 0.15) is 23.1 Å². The fourth-order valence-electron chi connectivity index (χ4n) is 2.32. The molecule has 110 valence electrons. The number of anilines is 1. The molecule has 0 fully saturated rings. The Labute approximate surface area is 129 Å². The van der Waals surface area contributed by atoms with Gasteiger partial charge in [0.15, 0.2) is 0 Å². The molecule has 0 saturated heterocycles. The first kappa shape index (κ1) is 15.4. The molecule has 3 N–H and O–H groups in total.